The Morgan fingerprint density at radius 1 is 1.67 bits per heavy atom. The van der Waals surface area contributed by atoms with Gasteiger partial charge >= 0.3 is 5.97 Å². The van der Waals surface area contributed by atoms with Crippen LogP contribution in [0.2, 0.25) is 0 Å². The predicted octanol–water partition coefficient (Wildman–Crippen LogP) is 1.53. The molecule has 0 N–H and O–H groups in total. The lowest BCUT2D eigenvalue weighted by Gasteiger charge is -2.09. The smallest absolute Gasteiger partial charge is 0.334 e. The highest BCUT2D eigenvalue weighted by atomic mass is 16.6. The second kappa shape index (κ2) is 6.85. The average Bonchev–Trinajstić information content (AvgIpc) is 2.10. The molecule has 0 saturated carbocycles. The topological polar surface area (TPSA) is 35.5 Å². The van der Waals surface area contributed by atoms with Crippen molar-refractivity contribution in [2.75, 3.05) is 13.7 Å². The van der Waals surface area contributed by atoms with E-state index in [-0.39, 0.29) is 5.97 Å². The van der Waals surface area contributed by atoms with E-state index in [0.29, 0.717) is 6.61 Å². The highest BCUT2D eigenvalue weighted by molar-refractivity contribution is 5.73. The summed E-state index contributed by atoms with van der Waals surface area (Å²) in [4.78, 5) is 10.8. The van der Waals surface area contributed by atoms with Crippen molar-refractivity contribution in [2.45, 2.75) is 25.9 Å². The maximum absolute atomic E-state index is 10.8. The number of rotatable bonds is 6. The number of carbonyl (C=O) groups is 1. The molecule has 0 rings (SSSR count). The molecule has 0 fully saturated rings. The summed E-state index contributed by atoms with van der Waals surface area (Å²) in [6, 6.07) is 0. The maximum atomic E-state index is 10.8. The zero-order chi connectivity index (χ0) is 9.40. The Bertz CT molecular complexity index is 143. The highest BCUT2D eigenvalue weighted by Crippen LogP contribution is 1.97. The molecule has 1 atom stereocenters. The number of methoxy groups -OCH3 is 1. The van der Waals surface area contributed by atoms with Crippen LogP contribution in [0, 0.1) is 0 Å². The second-order valence-electron chi connectivity index (χ2n) is 2.47. The molecule has 70 valence electrons. The molecule has 0 aromatic carbocycles. The number of allylic oxidation sites excluding steroid dienone is 1. The van der Waals surface area contributed by atoms with Gasteiger partial charge in [0.1, 0.15) is 0 Å². The molecule has 3 nitrogen and oxygen atoms in total. The first-order valence-corrected chi connectivity index (χ1v) is 4.02. The van der Waals surface area contributed by atoms with Gasteiger partial charge in [-0.05, 0) is 19.8 Å². The fourth-order valence-electron chi connectivity index (χ4n) is 0.722. The quantitative estimate of drug-likeness (QED) is 0.346. The van der Waals surface area contributed by atoms with Crippen LogP contribution in [0.5, 0.6) is 0 Å². The molecule has 0 spiro atoms. The van der Waals surface area contributed by atoms with Crippen LogP contribution in [0.25, 0.3) is 0 Å². The van der Waals surface area contributed by atoms with E-state index in [1.807, 2.05) is 6.08 Å². The van der Waals surface area contributed by atoms with Crippen LogP contribution in [-0.4, -0.2) is 25.8 Å². The molecule has 0 unspecified atom stereocenters. The van der Waals surface area contributed by atoms with Gasteiger partial charge in [-0.25, -0.2) is 4.79 Å². The highest BCUT2D eigenvalue weighted by Gasteiger charge is 2.11. The first-order chi connectivity index (χ1) is 5.72. The average molecular weight is 172 g/mol. The maximum Gasteiger partial charge on any atom is 0.334 e. The Morgan fingerprint density at radius 3 is 2.83 bits per heavy atom. The molecule has 0 aliphatic carbocycles. The van der Waals surface area contributed by atoms with Crippen LogP contribution < -0.4 is 0 Å². The van der Waals surface area contributed by atoms with E-state index in [9.17, 15) is 4.79 Å². The lowest BCUT2D eigenvalue weighted by molar-refractivity contribution is -0.152. The third-order valence-electron chi connectivity index (χ3n) is 1.45. The Kier molecular flexibility index (Phi) is 6.38. The summed E-state index contributed by atoms with van der Waals surface area (Å²) in [6.07, 6.45) is 3.17. The van der Waals surface area contributed by atoms with E-state index in [4.69, 9.17) is 4.74 Å². The van der Waals surface area contributed by atoms with Gasteiger partial charge in [0.25, 0.3) is 0 Å². The molecule has 0 bridgehead atoms. The van der Waals surface area contributed by atoms with Crippen LogP contribution in [0.4, 0.5) is 0 Å². The summed E-state index contributed by atoms with van der Waals surface area (Å²) >= 11 is 0. The Labute approximate surface area is 73.4 Å². The third-order valence-corrected chi connectivity index (χ3v) is 1.45. The van der Waals surface area contributed by atoms with E-state index in [2.05, 4.69) is 11.3 Å². The Balaban J connectivity index is 3.36. The molecule has 0 aromatic rings. The van der Waals surface area contributed by atoms with E-state index >= 15 is 0 Å². The van der Waals surface area contributed by atoms with Crippen molar-refractivity contribution in [2.24, 2.45) is 0 Å². The van der Waals surface area contributed by atoms with Crippen molar-refractivity contribution < 1.29 is 14.3 Å². The molecule has 0 saturated heterocycles. The van der Waals surface area contributed by atoms with Crippen molar-refractivity contribution in [3.05, 3.63) is 12.7 Å². The SMILES string of the molecule is C=CCCCO[C@@H](C)C(=O)OC. The minimum atomic E-state index is -0.459. The molecule has 3 heteroatoms. The normalized spacial score (nSPS) is 12.2. The van der Waals surface area contributed by atoms with Gasteiger partial charge in [0, 0.05) is 6.61 Å². The van der Waals surface area contributed by atoms with Gasteiger partial charge in [-0.3, -0.25) is 0 Å². The molecule has 0 aliphatic heterocycles. The molecule has 0 amide bonds. The minimum absolute atomic E-state index is 0.325. The van der Waals surface area contributed by atoms with E-state index in [0.717, 1.165) is 12.8 Å². The number of hydrogen-bond donors (Lipinski definition) is 0. The monoisotopic (exact) mass is 172 g/mol. The van der Waals surface area contributed by atoms with Gasteiger partial charge in [0.15, 0.2) is 6.10 Å². The molecule has 0 heterocycles. The van der Waals surface area contributed by atoms with Crippen LogP contribution in [0.15, 0.2) is 12.7 Å². The van der Waals surface area contributed by atoms with Crippen LogP contribution in [0.3, 0.4) is 0 Å². The zero-order valence-corrected chi connectivity index (χ0v) is 7.71. The van der Waals surface area contributed by atoms with E-state index in [1.165, 1.54) is 7.11 Å². The number of ether oxygens (including phenoxy) is 2. The van der Waals surface area contributed by atoms with Crippen LogP contribution in [0.1, 0.15) is 19.8 Å². The summed E-state index contributed by atoms with van der Waals surface area (Å²) in [6.45, 7) is 5.83. The van der Waals surface area contributed by atoms with Crippen molar-refractivity contribution in [1.29, 1.82) is 0 Å². The molecule has 12 heavy (non-hydrogen) atoms. The number of unbranched alkanes of at least 4 members (excludes halogenated alkanes) is 1. The van der Waals surface area contributed by atoms with Crippen molar-refractivity contribution in [3.8, 4) is 0 Å². The van der Waals surface area contributed by atoms with Gasteiger partial charge in [-0.2, -0.15) is 0 Å². The fraction of sp³-hybridized carbons (Fsp3) is 0.667. The summed E-state index contributed by atoms with van der Waals surface area (Å²) in [5.41, 5.74) is 0. The van der Waals surface area contributed by atoms with Crippen molar-refractivity contribution >= 4 is 5.97 Å². The first kappa shape index (κ1) is 11.2. The molecule has 0 aromatic heterocycles. The van der Waals surface area contributed by atoms with Crippen molar-refractivity contribution in [3.63, 3.8) is 0 Å². The molecule has 0 aliphatic rings. The standard InChI is InChI=1S/C9H16O3/c1-4-5-6-7-12-8(2)9(10)11-3/h4,8H,1,5-7H2,2-3H3/t8-/m0/s1. The van der Waals surface area contributed by atoms with Crippen LogP contribution in [-0.2, 0) is 14.3 Å². The lowest BCUT2D eigenvalue weighted by Crippen LogP contribution is -2.22. The molecular formula is C9H16O3. The summed E-state index contributed by atoms with van der Waals surface area (Å²) in [5.74, 6) is -0.325. The predicted molar refractivity (Wildman–Crippen MR) is 46.9 cm³/mol. The number of esters is 1. The van der Waals surface area contributed by atoms with Gasteiger partial charge in [0.05, 0.1) is 7.11 Å². The van der Waals surface area contributed by atoms with E-state index in [1.54, 1.807) is 6.92 Å². The largest absolute Gasteiger partial charge is 0.467 e. The summed E-state index contributed by atoms with van der Waals surface area (Å²) < 4.78 is 9.66. The summed E-state index contributed by atoms with van der Waals surface area (Å²) in [5, 5.41) is 0. The summed E-state index contributed by atoms with van der Waals surface area (Å²) in [7, 11) is 1.35. The van der Waals surface area contributed by atoms with E-state index < -0.39 is 6.10 Å². The van der Waals surface area contributed by atoms with Gasteiger partial charge in [-0.15, -0.1) is 6.58 Å². The minimum Gasteiger partial charge on any atom is -0.467 e. The molecule has 0 radical (unpaired) electrons. The fourth-order valence-corrected chi connectivity index (χ4v) is 0.722. The van der Waals surface area contributed by atoms with Gasteiger partial charge in [0.2, 0.25) is 0 Å². The third kappa shape index (κ3) is 4.91. The first-order valence-electron chi connectivity index (χ1n) is 4.02. The van der Waals surface area contributed by atoms with Gasteiger partial charge in [-0.1, -0.05) is 6.08 Å². The second-order valence-corrected chi connectivity index (χ2v) is 2.47. The number of carbonyl (C=O) groups excluding carboxylic acids is 1. The Morgan fingerprint density at radius 2 is 2.33 bits per heavy atom. The van der Waals surface area contributed by atoms with Crippen LogP contribution >= 0.6 is 0 Å². The number of hydrogen-bond acceptors (Lipinski definition) is 3. The lowest BCUT2D eigenvalue weighted by atomic mass is 10.3. The van der Waals surface area contributed by atoms with Crippen molar-refractivity contribution in [1.82, 2.24) is 0 Å². The Hall–Kier alpha value is -0.830. The zero-order valence-electron chi connectivity index (χ0n) is 7.71. The van der Waals surface area contributed by atoms with Gasteiger partial charge < -0.3 is 9.47 Å². The molecular weight excluding hydrogens is 156 g/mol.